The third-order valence-corrected chi connectivity index (χ3v) is 6.14. The Morgan fingerprint density at radius 2 is 2.03 bits per heavy atom. The van der Waals surface area contributed by atoms with Crippen LogP contribution >= 0.6 is 0 Å². The Morgan fingerprint density at radius 3 is 2.93 bits per heavy atom. The summed E-state index contributed by atoms with van der Waals surface area (Å²) in [6.45, 7) is 3.32. The van der Waals surface area contributed by atoms with Gasteiger partial charge in [-0.25, -0.2) is 4.98 Å². The summed E-state index contributed by atoms with van der Waals surface area (Å²) in [7, 11) is 0. The molecule has 2 atom stereocenters. The Labute approximate surface area is 176 Å². The van der Waals surface area contributed by atoms with E-state index in [0.29, 0.717) is 18.2 Å². The summed E-state index contributed by atoms with van der Waals surface area (Å²) >= 11 is 0. The number of rotatable bonds is 4. The lowest BCUT2D eigenvalue weighted by atomic mass is 10.0. The lowest BCUT2D eigenvalue weighted by Crippen LogP contribution is -2.54. The molecule has 154 valence electrons. The number of para-hydroxylation sites is 1. The SMILES string of the molecule is O=C(NCC1CN2CCCCC2CO1)c1cc(-c2ccncc2)nc2ccccc12. The van der Waals surface area contributed by atoms with E-state index in [4.69, 9.17) is 9.72 Å². The standard InChI is InChI=1S/C24H26N4O2/c29-24(26-14-19-15-28-12-4-3-5-18(28)16-30-19)21-13-23(17-8-10-25-11-9-17)27-22-7-2-1-6-20(21)22/h1-2,6-11,13,18-19H,3-5,12,14-16H2,(H,26,29). The number of nitrogens with zero attached hydrogens (tertiary/aromatic N) is 3. The van der Waals surface area contributed by atoms with Crippen LogP contribution in [0.25, 0.3) is 22.2 Å². The van der Waals surface area contributed by atoms with Gasteiger partial charge in [0, 0.05) is 42.5 Å². The van der Waals surface area contributed by atoms with E-state index in [1.165, 1.54) is 19.3 Å². The van der Waals surface area contributed by atoms with Crippen LogP contribution in [0.15, 0.2) is 54.9 Å². The first-order valence-corrected chi connectivity index (χ1v) is 10.7. The van der Waals surface area contributed by atoms with Crippen LogP contribution in [0, 0.1) is 0 Å². The van der Waals surface area contributed by atoms with Crippen molar-refractivity contribution < 1.29 is 9.53 Å². The number of carbonyl (C=O) groups is 1. The van der Waals surface area contributed by atoms with Gasteiger partial charge in [-0.2, -0.15) is 0 Å². The highest BCUT2D eigenvalue weighted by Crippen LogP contribution is 2.25. The van der Waals surface area contributed by atoms with E-state index in [0.717, 1.165) is 41.9 Å². The van der Waals surface area contributed by atoms with E-state index in [-0.39, 0.29) is 12.0 Å². The van der Waals surface area contributed by atoms with Gasteiger partial charge in [-0.1, -0.05) is 24.6 Å². The molecule has 2 aliphatic heterocycles. The maximum Gasteiger partial charge on any atom is 0.252 e. The van der Waals surface area contributed by atoms with E-state index in [1.54, 1.807) is 12.4 Å². The second-order valence-corrected chi connectivity index (χ2v) is 8.12. The molecule has 1 aromatic carbocycles. The summed E-state index contributed by atoms with van der Waals surface area (Å²) < 4.78 is 6.04. The highest BCUT2D eigenvalue weighted by atomic mass is 16.5. The van der Waals surface area contributed by atoms with Crippen LogP contribution < -0.4 is 5.32 Å². The predicted molar refractivity (Wildman–Crippen MR) is 116 cm³/mol. The number of aromatic nitrogens is 2. The van der Waals surface area contributed by atoms with E-state index >= 15 is 0 Å². The van der Waals surface area contributed by atoms with Crippen LogP contribution in [0.2, 0.25) is 0 Å². The van der Waals surface area contributed by atoms with Crippen molar-refractivity contribution in [2.75, 3.05) is 26.2 Å². The zero-order valence-electron chi connectivity index (χ0n) is 17.0. The fourth-order valence-corrected chi connectivity index (χ4v) is 4.51. The second-order valence-electron chi connectivity index (χ2n) is 8.12. The third-order valence-electron chi connectivity index (χ3n) is 6.14. The van der Waals surface area contributed by atoms with Gasteiger partial charge >= 0.3 is 0 Å². The molecule has 3 aromatic rings. The van der Waals surface area contributed by atoms with Crippen LogP contribution in [-0.4, -0.2) is 59.2 Å². The molecule has 0 bridgehead atoms. The molecule has 0 saturated carbocycles. The Hall–Kier alpha value is -2.83. The molecule has 2 aliphatic rings. The zero-order valence-corrected chi connectivity index (χ0v) is 17.0. The van der Waals surface area contributed by atoms with Gasteiger partial charge in [0.25, 0.3) is 5.91 Å². The van der Waals surface area contributed by atoms with Gasteiger partial charge in [-0.3, -0.25) is 14.7 Å². The average molecular weight is 402 g/mol. The fourth-order valence-electron chi connectivity index (χ4n) is 4.51. The molecule has 6 heteroatoms. The molecule has 0 aliphatic carbocycles. The topological polar surface area (TPSA) is 67.4 Å². The number of hydrogen-bond donors (Lipinski definition) is 1. The molecule has 0 spiro atoms. The zero-order chi connectivity index (χ0) is 20.3. The predicted octanol–water partition coefficient (Wildman–Crippen LogP) is 3.28. The molecule has 30 heavy (non-hydrogen) atoms. The summed E-state index contributed by atoms with van der Waals surface area (Å²) in [5.41, 5.74) is 3.16. The first kappa shape index (κ1) is 19.2. The van der Waals surface area contributed by atoms with Crippen molar-refractivity contribution in [3.8, 4) is 11.3 Å². The number of nitrogens with one attached hydrogen (secondary N) is 1. The molecule has 2 unspecified atom stereocenters. The monoisotopic (exact) mass is 402 g/mol. The molecule has 2 aromatic heterocycles. The largest absolute Gasteiger partial charge is 0.373 e. The van der Waals surface area contributed by atoms with Crippen LogP contribution in [0.5, 0.6) is 0 Å². The lowest BCUT2D eigenvalue weighted by Gasteiger charge is -2.42. The molecular weight excluding hydrogens is 376 g/mol. The van der Waals surface area contributed by atoms with Crippen molar-refractivity contribution in [1.29, 1.82) is 0 Å². The molecule has 5 rings (SSSR count). The van der Waals surface area contributed by atoms with Gasteiger partial charge in [0.2, 0.25) is 0 Å². The summed E-state index contributed by atoms with van der Waals surface area (Å²) in [4.78, 5) is 24.5. The molecule has 6 nitrogen and oxygen atoms in total. The van der Waals surface area contributed by atoms with Gasteiger partial charge < -0.3 is 10.1 Å². The molecule has 0 radical (unpaired) electrons. The highest BCUT2D eigenvalue weighted by Gasteiger charge is 2.30. The lowest BCUT2D eigenvalue weighted by molar-refractivity contribution is -0.0725. The number of ether oxygens (including phenoxy) is 1. The molecular formula is C24H26N4O2. The molecule has 1 amide bonds. The van der Waals surface area contributed by atoms with Gasteiger partial charge in [-0.05, 0) is 43.7 Å². The first-order valence-electron chi connectivity index (χ1n) is 10.7. The van der Waals surface area contributed by atoms with E-state index in [1.807, 2.05) is 42.5 Å². The number of hydrogen-bond acceptors (Lipinski definition) is 5. The number of morpholine rings is 1. The number of carbonyl (C=O) groups excluding carboxylic acids is 1. The van der Waals surface area contributed by atoms with Gasteiger partial charge in [0.1, 0.15) is 0 Å². The summed E-state index contributed by atoms with van der Waals surface area (Å²) in [6, 6.07) is 14.0. The number of benzene rings is 1. The van der Waals surface area contributed by atoms with Gasteiger partial charge in [-0.15, -0.1) is 0 Å². The number of fused-ring (bicyclic) bond motifs is 2. The van der Waals surface area contributed by atoms with Crippen molar-refractivity contribution in [3.63, 3.8) is 0 Å². The minimum atomic E-state index is -0.0896. The number of amides is 1. The number of pyridine rings is 2. The Balaban J connectivity index is 1.35. The Bertz CT molecular complexity index is 1040. The van der Waals surface area contributed by atoms with Crippen LogP contribution in [0.3, 0.4) is 0 Å². The van der Waals surface area contributed by atoms with E-state index in [9.17, 15) is 4.79 Å². The maximum atomic E-state index is 13.1. The van der Waals surface area contributed by atoms with Crippen LogP contribution in [0.4, 0.5) is 0 Å². The van der Waals surface area contributed by atoms with Gasteiger partial charge in [0.15, 0.2) is 0 Å². The second kappa shape index (κ2) is 8.50. The first-order chi connectivity index (χ1) is 14.8. The third kappa shape index (κ3) is 3.93. The van der Waals surface area contributed by atoms with Crippen molar-refractivity contribution in [2.24, 2.45) is 0 Å². The van der Waals surface area contributed by atoms with E-state index in [2.05, 4.69) is 15.2 Å². The molecule has 1 N–H and O–H groups in total. The van der Waals surface area contributed by atoms with Crippen LogP contribution in [0.1, 0.15) is 29.6 Å². The summed E-state index contributed by atoms with van der Waals surface area (Å²) in [5, 5.41) is 3.96. The molecule has 2 fully saturated rings. The van der Waals surface area contributed by atoms with Gasteiger partial charge in [0.05, 0.1) is 29.5 Å². The van der Waals surface area contributed by atoms with Crippen molar-refractivity contribution in [3.05, 3.63) is 60.4 Å². The molecule has 2 saturated heterocycles. The minimum Gasteiger partial charge on any atom is -0.373 e. The smallest absolute Gasteiger partial charge is 0.252 e. The summed E-state index contributed by atoms with van der Waals surface area (Å²) in [6.07, 6.45) is 7.29. The number of piperidine rings is 1. The van der Waals surface area contributed by atoms with Crippen LogP contribution in [-0.2, 0) is 4.74 Å². The van der Waals surface area contributed by atoms with E-state index < -0.39 is 0 Å². The van der Waals surface area contributed by atoms with Crippen molar-refractivity contribution in [1.82, 2.24) is 20.2 Å². The molecule has 4 heterocycles. The average Bonchev–Trinajstić information content (AvgIpc) is 2.82. The van der Waals surface area contributed by atoms with Crippen molar-refractivity contribution >= 4 is 16.8 Å². The normalized spacial score (nSPS) is 21.9. The maximum absolute atomic E-state index is 13.1. The Kier molecular flexibility index (Phi) is 5.43. The Morgan fingerprint density at radius 1 is 1.17 bits per heavy atom. The minimum absolute atomic E-state index is 0.0380. The van der Waals surface area contributed by atoms with Crippen molar-refractivity contribution in [2.45, 2.75) is 31.4 Å². The highest BCUT2D eigenvalue weighted by molar-refractivity contribution is 6.07. The quantitative estimate of drug-likeness (QED) is 0.725. The summed E-state index contributed by atoms with van der Waals surface area (Å²) in [5.74, 6) is -0.0896. The fraction of sp³-hybridized carbons (Fsp3) is 0.375.